The molecule has 0 saturated carbocycles. The number of nitrogens with one attached hydrogen (secondary N) is 1. The van der Waals surface area contributed by atoms with Crippen molar-refractivity contribution in [3.8, 4) is 0 Å². The molecule has 0 radical (unpaired) electrons. The predicted molar refractivity (Wildman–Crippen MR) is 84.2 cm³/mol. The standard InChI is InChI=1S/C17H28N2O/c1-13-5-6-15(11-14(13)2)17(18-3)12-19-9-7-16(20-4)8-10-19/h5-6,11,16-18H,7-10,12H2,1-4H3. The molecule has 1 heterocycles. The van der Waals surface area contributed by atoms with Gasteiger partial charge in [-0.1, -0.05) is 18.2 Å². The Balaban J connectivity index is 1.97. The first-order chi connectivity index (χ1) is 9.63. The van der Waals surface area contributed by atoms with Crippen molar-refractivity contribution >= 4 is 0 Å². The van der Waals surface area contributed by atoms with Crippen LogP contribution in [0.4, 0.5) is 0 Å². The molecule has 0 spiro atoms. The highest BCUT2D eigenvalue weighted by Gasteiger charge is 2.21. The first-order valence-electron chi connectivity index (χ1n) is 7.63. The van der Waals surface area contributed by atoms with Crippen LogP contribution in [0, 0.1) is 13.8 Å². The van der Waals surface area contributed by atoms with Gasteiger partial charge in [0, 0.05) is 32.8 Å². The van der Waals surface area contributed by atoms with Crippen LogP contribution in [0.1, 0.15) is 35.6 Å². The zero-order valence-corrected chi connectivity index (χ0v) is 13.3. The molecule has 1 aliphatic heterocycles. The Bertz CT molecular complexity index is 425. The van der Waals surface area contributed by atoms with E-state index in [1.54, 1.807) is 0 Å². The van der Waals surface area contributed by atoms with Gasteiger partial charge in [-0.3, -0.25) is 0 Å². The van der Waals surface area contributed by atoms with Gasteiger partial charge in [0.1, 0.15) is 0 Å². The van der Waals surface area contributed by atoms with Crippen LogP contribution < -0.4 is 5.32 Å². The number of likely N-dealkylation sites (N-methyl/N-ethyl adjacent to an activating group) is 1. The summed E-state index contributed by atoms with van der Waals surface area (Å²) in [4.78, 5) is 2.55. The molecule has 1 fully saturated rings. The van der Waals surface area contributed by atoms with Crippen LogP contribution >= 0.6 is 0 Å². The highest BCUT2D eigenvalue weighted by molar-refractivity contribution is 5.31. The third kappa shape index (κ3) is 3.81. The molecule has 1 aromatic rings. The van der Waals surface area contributed by atoms with E-state index in [2.05, 4.69) is 49.3 Å². The van der Waals surface area contributed by atoms with Crippen molar-refractivity contribution in [1.29, 1.82) is 0 Å². The number of benzene rings is 1. The number of nitrogens with zero attached hydrogens (tertiary/aromatic N) is 1. The molecule has 1 saturated heterocycles. The fourth-order valence-electron chi connectivity index (χ4n) is 2.93. The molecule has 20 heavy (non-hydrogen) atoms. The molecule has 0 bridgehead atoms. The lowest BCUT2D eigenvalue weighted by molar-refractivity contribution is 0.0386. The van der Waals surface area contributed by atoms with Crippen molar-refractivity contribution in [2.24, 2.45) is 0 Å². The Hall–Kier alpha value is -0.900. The molecule has 1 unspecified atom stereocenters. The molecule has 2 rings (SSSR count). The maximum atomic E-state index is 5.44. The summed E-state index contributed by atoms with van der Waals surface area (Å²) >= 11 is 0. The molecule has 1 aromatic carbocycles. The number of methoxy groups -OCH3 is 1. The van der Waals surface area contributed by atoms with Gasteiger partial charge in [0.05, 0.1) is 6.10 Å². The van der Waals surface area contributed by atoms with E-state index in [1.165, 1.54) is 16.7 Å². The molecule has 0 amide bonds. The fourth-order valence-corrected chi connectivity index (χ4v) is 2.93. The van der Waals surface area contributed by atoms with Crippen LogP contribution in [-0.2, 0) is 4.74 Å². The molecule has 0 aromatic heterocycles. The molecule has 3 heteroatoms. The van der Waals surface area contributed by atoms with Gasteiger partial charge in [-0.2, -0.15) is 0 Å². The average Bonchev–Trinajstić information content (AvgIpc) is 2.48. The largest absolute Gasteiger partial charge is 0.381 e. The van der Waals surface area contributed by atoms with Crippen LogP contribution in [0.3, 0.4) is 0 Å². The average molecular weight is 276 g/mol. The van der Waals surface area contributed by atoms with Gasteiger partial charge in [-0.15, -0.1) is 0 Å². The van der Waals surface area contributed by atoms with E-state index in [1.807, 2.05) is 7.11 Å². The first kappa shape index (κ1) is 15.5. The fraction of sp³-hybridized carbons (Fsp3) is 0.647. The number of rotatable bonds is 5. The summed E-state index contributed by atoms with van der Waals surface area (Å²) < 4.78 is 5.44. The second kappa shape index (κ2) is 7.21. The summed E-state index contributed by atoms with van der Waals surface area (Å²) in [6, 6.07) is 7.21. The zero-order valence-electron chi connectivity index (χ0n) is 13.3. The Morgan fingerprint density at radius 1 is 1.25 bits per heavy atom. The normalized spacial score (nSPS) is 19.2. The third-order valence-electron chi connectivity index (χ3n) is 4.59. The Morgan fingerprint density at radius 2 is 1.95 bits per heavy atom. The van der Waals surface area contributed by atoms with Crippen molar-refractivity contribution < 1.29 is 4.74 Å². The van der Waals surface area contributed by atoms with Crippen molar-refractivity contribution in [3.05, 3.63) is 34.9 Å². The van der Waals surface area contributed by atoms with Crippen LogP contribution in [0.2, 0.25) is 0 Å². The summed E-state index contributed by atoms with van der Waals surface area (Å²) in [5.74, 6) is 0. The topological polar surface area (TPSA) is 24.5 Å². The predicted octanol–water partition coefficient (Wildman–Crippen LogP) is 2.67. The minimum atomic E-state index is 0.411. The molecular formula is C17H28N2O. The number of ether oxygens (including phenoxy) is 1. The number of aryl methyl sites for hydroxylation is 2. The summed E-state index contributed by atoms with van der Waals surface area (Å²) in [6.45, 7) is 7.72. The minimum absolute atomic E-state index is 0.411. The van der Waals surface area contributed by atoms with E-state index >= 15 is 0 Å². The summed E-state index contributed by atoms with van der Waals surface area (Å²) in [5, 5.41) is 3.46. The van der Waals surface area contributed by atoms with E-state index < -0.39 is 0 Å². The Labute approximate surface area is 123 Å². The molecular weight excluding hydrogens is 248 g/mol. The van der Waals surface area contributed by atoms with Gasteiger partial charge in [0.15, 0.2) is 0 Å². The number of hydrogen-bond donors (Lipinski definition) is 1. The number of hydrogen-bond acceptors (Lipinski definition) is 3. The third-order valence-corrected chi connectivity index (χ3v) is 4.59. The van der Waals surface area contributed by atoms with Gasteiger partial charge in [-0.05, 0) is 50.4 Å². The van der Waals surface area contributed by atoms with Crippen molar-refractivity contribution in [2.45, 2.75) is 38.8 Å². The highest BCUT2D eigenvalue weighted by Crippen LogP contribution is 2.20. The lowest BCUT2D eigenvalue weighted by atomic mass is 9.99. The quantitative estimate of drug-likeness (QED) is 0.895. The molecule has 0 aliphatic carbocycles. The smallest absolute Gasteiger partial charge is 0.0595 e. The van der Waals surface area contributed by atoms with Crippen LogP contribution in [0.15, 0.2) is 18.2 Å². The maximum absolute atomic E-state index is 5.44. The van der Waals surface area contributed by atoms with Crippen LogP contribution in [0.5, 0.6) is 0 Å². The first-order valence-corrected chi connectivity index (χ1v) is 7.63. The van der Waals surface area contributed by atoms with Gasteiger partial charge in [0.25, 0.3) is 0 Å². The van der Waals surface area contributed by atoms with E-state index in [0.717, 1.165) is 32.5 Å². The van der Waals surface area contributed by atoms with Gasteiger partial charge >= 0.3 is 0 Å². The van der Waals surface area contributed by atoms with E-state index in [4.69, 9.17) is 4.74 Å². The van der Waals surface area contributed by atoms with Gasteiger partial charge in [0.2, 0.25) is 0 Å². The molecule has 1 N–H and O–H groups in total. The van der Waals surface area contributed by atoms with E-state index in [9.17, 15) is 0 Å². The Kier molecular flexibility index (Phi) is 5.58. The summed E-state index contributed by atoms with van der Waals surface area (Å²) in [7, 11) is 3.88. The van der Waals surface area contributed by atoms with Gasteiger partial charge < -0.3 is 15.0 Å². The Morgan fingerprint density at radius 3 is 2.50 bits per heavy atom. The summed E-state index contributed by atoms with van der Waals surface area (Å²) in [5.41, 5.74) is 4.13. The lowest BCUT2D eigenvalue weighted by Crippen LogP contribution is -2.41. The SMILES string of the molecule is CNC(CN1CCC(OC)CC1)c1ccc(C)c(C)c1. The van der Waals surface area contributed by atoms with Crippen molar-refractivity contribution in [1.82, 2.24) is 10.2 Å². The van der Waals surface area contributed by atoms with Crippen LogP contribution in [0.25, 0.3) is 0 Å². The molecule has 3 nitrogen and oxygen atoms in total. The van der Waals surface area contributed by atoms with E-state index in [-0.39, 0.29) is 0 Å². The minimum Gasteiger partial charge on any atom is -0.381 e. The lowest BCUT2D eigenvalue weighted by Gasteiger charge is -2.33. The number of piperidine rings is 1. The summed E-state index contributed by atoms with van der Waals surface area (Å²) in [6.07, 6.45) is 2.76. The number of likely N-dealkylation sites (tertiary alicyclic amines) is 1. The second-order valence-electron chi connectivity index (χ2n) is 5.92. The molecule has 112 valence electrons. The molecule has 1 atom stereocenters. The van der Waals surface area contributed by atoms with Crippen molar-refractivity contribution in [2.75, 3.05) is 33.8 Å². The van der Waals surface area contributed by atoms with E-state index in [0.29, 0.717) is 12.1 Å². The maximum Gasteiger partial charge on any atom is 0.0595 e. The highest BCUT2D eigenvalue weighted by atomic mass is 16.5. The van der Waals surface area contributed by atoms with Crippen LogP contribution in [-0.4, -0.2) is 44.8 Å². The second-order valence-corrected chi connectivity index (χ2v) is 5.92. The van der Waals surface area contributed by atoms with Crippen molar-refractivity contribution in [3.63, 3.8) is 0 Å². The molecule has 1 aliphatic rings. The van der Waals surface area contributed by atoms with Gasteiger partial charge in [-0.25, -0.2) is 0 Å². The zero-order chi connectivity index (χ0) is 14.5. The monoisotopic (exact) mass is 276 g/mol.